The predicted octanol–water partition coefficient (Wildman–Crippen LogP) is 3.70. The molecule has 0 unspecified atom stereocenters. The SMILES string of the molecule is COC(=O)c1cc(-c2ncc(Cl)cc2F)c(C)s1. The minimum absolute atomic E-state index is 0.184. The highest BCUT2D eigenvalue weighted by Gasteiger charge is 2.17. The molecule has 3 nitrogen and oxygen atoms in total. The van der Waals surface area contributed by atoms with Crippen LogP contribution < -0.4 is 0 Å². The maximum absolute atomic E-state index is 13.7. The molecule has 2 heterocycles. The first kappa shape index (κ1) is 13.0. The van der Waals surface area contributed by atoms with Crippen LogP contribution in [0, 0.1) is 12.7 Å². The van der Waals surface area contributed by atoms with Crippen molar-refractivity contribution in [2.24, 2.45) is 0 Å². The number of carbonyl (C=O) groups excluding carboxylic acids is 1. The van der Waals surface area contributed by atoms with Crippen molar-refractivity contribution >= 4 is 28.9 Å². The van der Waals surface area contributed by atoms with Crippen molar-refractivity contribution in [1.82, 2.24) is 4.98 Å². The van der Waals surface area contributed by atoms with Crippen LogP contribution in [0.25, 0.3) is 11.3 Å². The Balaban J connectivity index is 2.51. The zero-order valence-electron chi connectivity index (χ0n) is 9.66. The first-order chi connectivity index (χ1) is 8.52. The van der Waals surface area contributed by atoms with Crippen LogP contribution in [0.2, 0.25) is 5.02 Å². The Morgan fingerprint density at radius 3 is 2.83 bits per heavy atom. The second-order valence-electron chi connectivity index (χ2n) is 3.56. The summed E-state index contributed by atoms with van der Waals surface area (Å²) in [4.78, 5) is 16.6. The van der Waals surface area contributed by atoms with E-state index in [1.807, 2.05) is 0 Å². The fourth-order valence-electron chi connectivity index (χ4n) is 1.53. The van der Waals surface area contributed by atoms with Crippen molar-refractivity contribution in [2.45, 2.75) is 6.92 Å². The first-order valence-electron chi connectivity index (χ1n) is 5.03. The maximum atomic E-state index is 13.7. The van der Waals surface area contributed by atoms with Crippen molar-refractivity contribution in [1.29, 1.82) is 0 Å². The molecule has 94 valence electrons. The lowest BCUT2D eigenvalue weighted by Gasteiger charge is -2.01. The van der Waals surface area contributed by atoms with Gasteiger partial charge in [0.25, 0.3) is 0 Å². The third-order valence-corrected chi connectivity index (χ3v) is 3.60. The summed E-state index contributed by atoms with van der Waals surface area (Å²) in [6.07, 6.45) is 1.37. The highest BCUT2D eigenvalue weighted by molar-refractivity contribution is 7.14. The van der Waals surface area contributed by atoms with Gasteiger partial charge in [-0.25, -0.2) is 9.18 Å². The molecule has 2 aromatic rings. The second kappa shape index (κ2) is 5.04. The molecule has 2 aromatic heterocycles. The number of methoxy groups -OCH3 is 1. The number of hydrogen-bond donors (Lipinski definition) is 0. The van der Waals surface area contributed by atoms with Gasteiger partial charge in [0.2, 0.25) is 0 Å². The van der Waals surface area contributed by atoms with Crippen molar-refractivity contribution in [3.8, 4) is 11.3 Å². The number of carbonyl (C=O) groups is 1. The number of nitrogens with zero attached hydrogens (tertiary/aromatic N) is 1. The zero-order chi connectivity index (χ0) is 13.3. The summed E-state index contributed by atoms with van der Waals surface area (Å²) in [6.45, 7) is 1.79. The van der Waals surface area contributed by atoms with Crippen molar-refractivity contribution in [3.05, 3.63) is 38.9 Å². The molecule has 0 atom stereocenters. The Hall–Kier alpha value is -1.46. The lowest BCUT2D eigenvalue weighted by Crippen LogP contribution is -1.97. The third kappa shape index (κ3) is 2.37. The molecule has 0 aliphatic rings. The van der Waals surface area contributed by atoms with Crippen molar-refractivity contribution < 1.29 is 13.9 Å². The van der Waals surface area contributed by atoms with Gasteiger partial charge >= 0.3 is 5.97 Å². The van der Waals surface area contributed by atoms with E-state index in [0.717, 1.165) is 4.88 Å². The number of hydrogen-bond acceptors (Lipinski definition) is 4. The van der Waals surface area contributed by atoms with Gasteiger partial charge in [-0.2, -0.15) is 0 Å². The highest BCUT2D eigenvalue weighted by Crippen LogP contribution is 2.32. The summed E-state index contributed by atoms with van der Waals surface area (Å²) in [5, 5.41) is 0.234. The quantitative estimate of drug-likeness (QED) is 0.790. The van der Waals surface area contributed by atoms with Gasteiger partial charge in [0.05, 0.1) is 12.1 Å². The Morgan fingerprint density at radius 2 is 2.22 bits per heavy atom. The fraction of sp³-hybridized carbons (Fsp3) is 0.167. The molecule has 18 heavy (non-hydrogen) atoms. The van der Waals surface area contributed by atoms with E-state index in [-0.39, 0.29) is 10.7 Å². The Morgan fingerprint density at radius 1 is 1.50 bits per heavy atom. The van der Waals surface area contributed by atoms with Gasteiger partial charge in [-0.15, -0.1) is 11.3 Å². The highest BCUT2D eigenvalue weighted by atomic mass is 35.5. The minimum Gasteiger partial charge on any atom is -0.465 e. The van der Waals surface area contributed by atoms with E-state index in [0.29, 0.717) is 10.4 Å². The van der Waals surface area contributed by atoms with Crippen LogP contribution >= 0.6 is 22.9 Å². The average Bonchev–Trinajstić information content (AvgIpc) is 2.70. The van der Waals surface area contributed by atoms with Crippen LogP contribution in [-0.2, 0) is 4.74 Å². The van der Waals surface area contributed by atoms with Crippen LogP contribution in [0.1, 0.15) is 14.5 Å². The molecule has 0 fully saturated rings. The number of rotatable bonds is 2. The summed E-state index contributed by atoms with van der Waals surface area (Å²) in [7, 11) is 1.30. The number of pyridine rings is 1. The predicted molar refractivity (Wildman–Crippen MR) is 68.6 cm³/mol. The van der Waals surface area contributed by atoms with E-state index in [1.54, 1.807) is 13.0 Å². The maximum Gasteiger partial charge on any atom is 0.348 e. The summed E-state index contributed by atoms with van der Waals surface area (Å²) in [6, 6.07) is 2.77. The molecule has 0 saturated heterocycles. The molecule has 6 heteroatoms. The van der Waals surface area contributed by atoms with Crippen molar-refractivity contribution in [2.75, 3.05) is 7.11 Å². The summed E-state index contributed by atoms with van der Waals surface area (Å²) in [5.41, 5.74) is 0.762. The normalized spacial score (nSPS) is 10.4. The molecular formula is C12H9ClFNO2S. The summed E-state index contributed by atoms with van der Waals surface area (Å²) >= 11 is 6.89. The molecule has 0 amide bonds. The largest absolute Gasteiger partial charge is 0.465 e. The van der Waals surface area contributed by atoms with Crippen molar-refractivity contribution in [3.63, 3.8) is 0 Å². The Labute approximate surface area is 112 Å². The summed E-state index contributed by atoms with van der Waals surface area (Å²) in [5.74, 6) is -0.955. The standard InChI is InChI=1S/C12H9ClFNO2S/c1-6-8(4-10(18-6)12(16)17-2)11-9(14)3-7(13)5-15-11/h3-5H,1-2H3. The smallest absolute Gasteiger partial charge is 0.348 e. The van der Waals surface area contributed by atoms with Crippen LogP contribution in [0.4, 0.5) is 4.39 Å². The molecule has 0 aliphatic carbocycles. The minimum atomic E-state index is -0.514. The summed E-state index contributed by atoms with van der Waals surface area (Å²) < 4.78 is 18.4. The van der Waals surface area contributed by atoms with Gasteiger partial charge in [0.1, 0.15) is 10.6 Å². The van der Waals surface area contributed by atoms with Gasteiger partial charge in [-0.3, -0.25) is 4.98 Å². The van der Waals surface area contributed by atoms with E-state index in [4.69, 9.17) is 11.6 Å². The van der Waals surface area contributed by atoms with Gasteiger partial charge in [-0.1, -0.05) is 11.6 Å². The molecule has 2 rings (SSSR count). The number of aryl methyl sites for hydroxylation is 1. The van der Waals surface area contributed by atoms with E-state index in [9.17, 15) is 9.18 Å². The number of esters is 1. The molecular weight excluding hydrogens is 277 g/mol. The monoisotopic (exact) mass is 285 g/mol. The first-order valence-corrected chi connectivity index (χ1v) is 6.22. The van der Waals surface area contributed by atoms with E-state index >= 15 is 0 Å². The van der Waals surface area contributed by atoms with Gasteiger partial charge in [-0.05, 0) is 19.1 Å². The van der Waals surface area contributed by atoms with Crippen LogP contribution in [-0.4, -0.2) is 18.1 Å². The Kier molecular flexibility index (Phi) is 3.63. The Bertz CT molecular complexity index is 612. The van der Waals surface area contributed by atoms with E-state index < -0.39 is 11.8 Å². The number of thiophene rings is 1. The number of halogens is 2. The molecule has 0 saturated carbocycles. The van der Waals surface area contributed by atoms with Gasteiger partial charge in [0, 0.05) is 16.6 Å². The van der Waals surface area contributed by atoms with Gasteiger partial charge < -0.3 is 4.74 Å². The lowest BCUT2D eigenvalue weighted by atomic mass is 10.1. The third-order valence-electron chi connectivity index (χ3n) is 2.37. The molecule has 0 aliphatic heterocycles. The van der Waals surface area contributed by atoms with Crippen LogP contribution in [0.3, 0.4) is 0 Å². The van der Waals surface area contributed by atoms with E-state index in [2.05, 4.69) is 9.72 Å². The zero-order valence-corrected chi connectivity index (χ0v) is 11.2. The number of ether oxygens (including phenoxy) is 1. The lowest BCUT2D eigenvalue weighted by molar-refractivity contribution is 0.0606. The fourth-order valence-corrected chi connectivity index (χ4v) is 2.61. The molecule has 0 N–H and O–H groups in total. The van der Waals surface area contributed by atoms with E-state index in [1.165, 1.54) is 30.7 Å². The van der Waals surface area contributed by atoms with Crippen LogP contribution in [0.5, 0.6) is 0 Å². The molecule has 0 spiro atoms. The molecule has 0 aromatic carbocycles. The second-order valence-corrected chi connectivity index (χ2v) is 5.25. The topological polar surface area (TPSA) is 39.2 Å². The number of aromatic nitrogens is 1. The molecule has 0 radical (unpaired) electrons. The van der Waals surface area contributed by atoms with Crippen LogP contribution in [0.15, 0.2) is 18.3 Å². The average molecular weight is 286 g/mol. The molecule has 0 bridgehead atoms. The van der Waals surface area contributed by atoms with Gasteiger partial charge in [0.15, 0.2) is 5.82 Å².